The number of halogens is 1. The van der Waals surface area contributed by atoms with Crippen molar-refractivity contribution in [2.75, 3.05) is 0 Å². The van der Waals surface area contributed by atoms with Crippen LogP contribution in [0.3, 0.4) is 0 Å². The van der Waals surface area contributed by atoms with E-state index in [1.165, 1.54) is 18.6 Å². The van der Waals surface area contributed by atoms with Crippen LogP contribution in [0.1, 0.15) is 60.1 Å². The molecule has 5 rings (SSSR count). The number of aryl methyl sites for hydroxylation is 1. The van der Waals surface area contributed by atoms with Gasteiger partial charge in [0.15, 0.2) is 0 Å². The number of hydrogen-bond acceptors (Lipinski definition) is 4. The summed E-state index contributed by atoms with van der Waals surface area (Å²) < 4.78 is 20.8. The first-order valence-electron chi connectivity index (χ1n) is 10.1. The minimum atomic E-state index is -0.318. The molecule has 0 spiro atoms. The third kappa shape index (κ3) is 3.57. The highest BCUT2D eigenvalue weighted by Crippen LogP contribution is 2.47. The molecule has 2 unspecified atom stereocenters. The van der Waals surface area contributed by atoms with Crippen LogP contribution in [0.4, 0.5) is 4.39 Å². The van der Waals surface area contributed by atoms with E-state index in [0.29, 0.717) is 29.9 Å². The molecule has 2 heterocycles. The molecule has 0 aliphatic heterocycles. The zero-order chi connectivity index (χ0) is 20.1. The molecular weight excluding hydrogens is 371 g/mol. The van der Waals surface area contributed by atoms with E-state index in [-0.39, 0.29) is 23.6 Å². The van der Waals surface area contributed by atoms with Crippen molar-refractivity contribution in [3.8, 4) is 5.69 Å². The summed E-state index contributed by atoms with van der Waals surface area (Å²) in [6.07, 6.45) is 3.13. The first kappa shape index (κ1) is 18.1. The van der Waals surface area contributed by atoms with Gasteiger partial charge in [-0.3, -0.25) is 4.79 Å². The number of hydrogen-bond donors (Lipinski definition) is 0. The molecule has 0 radical (unpaired) electrons. The molecule has 3 aromatic rings. The van der Waals surface area contributed by atoms with Crippen LogP contribution >= 0.6 is 0 Å². The van der Waals surface area contributed by atoms with Crippen LogP contribution in [0, 0.1) is 18.7 Å². The monoisotopic (exact) mass is 394 g/mol. The summed E-state index contributed by atoms with van der Waals surface area (Å²) >= 11 is 0. The molecule has 0 N–H and O–H groups in total. The predicted octanol–water partition coefficient (Wildman–Crippen LogP) is 4.24. The van der Waals surface area contributed by atoms with Gasteiger partial charge in [-0.05, 0) is 68.5 Å². The Hall–Kier alpha value is -2.96. The average Bonchev–Trinajstić information content (AvgIpc) is 3.60. The second-order valence-corrected chi connectivity index (χ2v) is 8.16. The first-order chi connectivity index (χ1) is 14.0. The maximum atomic E-state index is 13.2. The summed E-state index contributed by atoms with van der Waals surface area (Å²) in [5, 5.41) is 4.40. The highest BCUT2D eigenvalue weighted by molar-refractivity contribution is 5.91. The van der Waals surface area contributed by atoms with Crippen LogP contribution in [0.15, 0.2) is 40.8 Å². The third-order valence-corrected chi connectivity index (χ3v) is 5.76. The topological polar surface area (TPSA) is 64.2 Å². The lowest BCUT2D eigenvalue weighted by atomic mass is 10.3. The Morgan fingerprint density at radius 3 is 2.62 bits per heavy atom. The minimum Gasteiger partial charge on any atom is -0.464 e. The van der Waals surface area contributed by atoms with Gasteiger partial charge in [0.05, 0.1) is 12.2 Å². The van der Waals surface area contributed by atoms with Crippen molar-refractivity contribution in [3.05, 3.63) is 65.4 Å². The number of carbonyl (C=O) groups excluding carboxylic acids is 1. The third-order valence-electron chi connectivity index (χ3n) is 5.76. The van der Waals surface area contributed by atoms with Crippen molar-refractivity contribution in [2.45, 2.75) is 51.6 Å². The molecule has 6 nitrogen and oxygen atoms in total. The van der Waals surface area contributed by atoms with Gasteiger partial charge in [0.2, 0.25) is 5.82 Å². The quantitative estimate of drug-likeness (QED) is 0.627. The van der Waals surface area contributed by atoms with Crippen LogP contribution in [0.25, 0.3) is 5.69 Å². The maximum Gasteiger partial charge on any atom is 0.294 e. The molecule has 2 atom stereocenters. The van der Waals surface area contributed by atoms with E-state index in [1.807, 2.05) is 17.0 Å². The van der Waals surface area contributed by atoms with Gasteiger partial charge in [-0.25, -0.2) is 14.1 Å². The Morgan fingerprint density at radius 2 is 1.97 bits per heavy atom. The Morgan fingerprint density at radius 1 is 1.24 bits per heavy atom. The van der Waals surface area contributed by atoms with Crippen LogP contribution < -0.4 is 0 Å². The van der Waals surface area contributed by atoms with Gasteiger partial charge in [-0.1, -0.05) is 6.92 Å². The predicted molar refractivity (Wildman–Crippen MR) is 104 cm³/mol. The lowest BCUT2D eigenvalue weighted by Crippen LogP contribution is -2.33. The van der Waals surface area contributed by atoms with Crippen molar-refractivity contribution in [1.29, 1.82) is 0 Å². The first-order valence-corrected chi connectivity index (χ1v) is 10.1. The lowest BCUT2D eigenvalue weighted by Gasteiger charge is -2.19. The Bertz CT molecular complexity index is 1050. The maximum absolute atomic E-state index is 13.2. The standard InChI is InChI=1S/C22H23FN4O2/c1-13-11-19(13)20-10-9-18(29-20)12-26(16-7-8-16)22(28)21-24-14(2)27(25-21)17-5-3-15(23)4-6-17/h3-6,9-10,13,16,19H,7-8,11-12H2,1-2H3. The molecule has 1 aromatic carbocycles. The zero-order valence-corrected chi connectivity index (χ0v) is 16.5. The van der Waals surface area contributed by atoms with E-state index in [4.69, 9.17) is 4.42 Å². The Balaban J connectivity index is 1.37. The summed E-state index contributed by atoms with van der Waals surface area (Å²) in [5.74, 6) is 3.23. The van der Waals surface area contributed by atoms with E-state index in [0.717, 1.165) is 24.4 Å². The van der Waals surface area contributed by atoms with Crippen molar-refractivity contribution < 1.29 is 13.6 Å². The molecule has 2 aromatic heterocycles. The molecule has 2 aliphatic rings. The molecule has 150 valence electrons. The number of nitrogens with zero attached hydrogens (tertiary/aromatic N) is 4. The SMILES string of the molecule is Cc1nc(C(=O)N(Cc2ccc(C3CC3C)o2)C2CC2)nn1-c1ccc(F)cc1. The average molecular weight is 394 g/mol. The van der Waals surface area contributed by atoms with Gasteiger partial charge >= 0.3 is 0 Å². The summed E-state index contributed by atoms with van der Waals surface area (Å²) in [6.45, 7) is 4.43. The molecule has 29 heavy (non-hydrogen) atoms. The summed E-state index contributed by atoms with van der Waals surface area (Å²) in [7, 11) is 0. The highest BCUT2D eigenvalue weighted by Gasteiger charge is 2.38. The fourth-order valence-corrected chi connectivity index (χ4v) is 3.75. The fraction of sp³-hybridized carbons (Fsp3) is 0.409. The van der Waals surface area contributed by atoms with E-state index in [1.54, 1.807) is 23.7 Å². The van der Waals surface area contributed by atoms with Gasteiger partial charge in [0.1, 0.15) is 23.2 Å². The molecule has 7 heteroatoms. The number of amides is 1. The molecule has 2 saturated carbocycles. The number of aromatic nitrogens is 3. The second-order valence-electron chi connectivity index (χ2n) is 8.16. The van der Waals surface area contributed by atoms with Crippen LogP contribution in [0.5, 0.6) is 0 Å². The summed E-state index contributed by atoms with van der Waals surface area (Å²) in [5.41, 5.74) is 0.669. The Kier molecular flexibility index (Phi) is 4.26. The van der Waals surface area contributed by atoms with Gasteiger partial charge in [0, 0.05) is 12.0 Å². The largest absolute Gasteiger partial charge is 0.464 e. The smallest absolute Gasteiger partial charge is 0.294 e. The van der Waals surface area contributed by atoms with E-state index in [9.17, 15) is 9.18 Å². The lowest BCUT2D eigenvalue weighted by molar-refractivity contribution is 0.0704. The number of carbonyl (C=O) groups is 1. The number of benzene rings is 1. The molecule has 0 bridgehead atoms. The van der Waals surface area contributed by atoms with Crippen molar-refractivity contribution in [3.63, 3.8) is 0 Å². The molecular formula is C22H23FN4O2. The van der Waals surface area contributed by atoms with Crippen molar-refractivity contribution in [2.24, 2.45) is 5.92 Å². The summed E-state index contributed by atoms with van der Waals surface area (Å²) in [6, 6.07) is 10.2. The molecule has 1 amide bonds. The van der Waals surface area contributed by atoms with Crippen LogP contribution in [-0.2, 0) is 6.54 Å². The fourth-order valence-electron chi connectivity index (χ4n) is 3.75. The van der Waals surface area contributed by atoms with Gasteiger partial charge in [0.25, 0.3) is 5.91 Å². The summed E-state index contributed by atoms with van der Waals surface area (Å²) in [4.78, 5) is 19.4. The molecule has 2 fully saturated rings. The van der Waals surface area contributed by atoms with Crippen LogP contribution in [0.2, 0.25) is 0 Å². The minimum absolute atomic E-state index is 0.154. The van der Waals surface area contributed by atoms with Crippen molar-refractivity contribution in [1.82, 2.24) is 19.7 Å². The van der Waals surface area contributed by atoms with E-state index >= 15 is 0 Å². The molecule has 0 saturated heterocycles. The second kappa shape index (κ2) is 6.83. The van der Waals surface area contributed by atoms with Gasteiger partial charge in [-0.15, -0.1) is 5.10 Å². The normalized spacial score (nSPS) is 20.7. The van der Waals surface area contributed by atoms with E-state index < -0.39 is 0 Å². The molecule has 2 aliphatic carbocycles. The number of rotatable bonds is 6. The van der Waals surface area contributed by atoms with Gasteiger partial charge < -0.3 is 9.32 Å². The van der Waals surface area contributed by atoms with E-state index in [2.05, 4.69) is 17.0 Å². The van der Waals surface area contributed by atoms with Gasteiger partial charge in [-0.2, -0.15) is 0 Å². The highest BCUT2D eigenvalue weighted by atomic mass is 19.1. The number of furan rings is 1. The zero-order valence-electron chi connectivity index (χ0n) is 16.5. The van der Waals surface area contributed by atoms with Crippen molar-refractivity contribution >= 4 is 5.91 Å². The Labute approximate surface area is 168 Å². The van der Waals surface area contributed by atoms with Crippen LogP contribution in [-0.4, -0.2) is 31.6 Å².